The van der Waals surface area contributed by atoms with E-state index in [1.54, 1.807) is 18.2 Å². The van der Waals surface area contributed by atoms with Crippen LogP contribution in [0.3, 0.4) is 0 Å². The lowest BCUT2D eigenvalue weighted by atomic mass is 10.3. The molecule has 3 N–H and O–H groups in total. The smallest absolute Gasteiger partial charge is 0.263 e. The molecule has 0 aliphatic heterocycles. The first kappa shape index (κ1) is 14.9. The van der Waals surface area contributed by atoms with Gasteiger partial charge in [0.05, 0.1) is 12.8 Å². The molecule has 0 aromatic heterocycles. The second-order valence-corrected chi connectivity index (χ2v) is 6.91. The molecule has 7 heteroatoms. The molecule has 0 heterocycles. The van der Waals surface area contributed by atoms with Crippen LogP contribution in [0.5, 0.6) is 5.75 Å². The Labute approximate surface area is 131 Å². The number of hydrogen-bond donors (Lipinski definition) is 2. The highest BCUT2D eigenvalue weighted by Gasteiger charge is 2.18. The third-order valence-corrected chi connectivity index (χ3v) is 4.78. The number of rotatable bonds is 4. The predicted molar refractivity (Wildman–Crippen MR) is 87.4 cm³/mol. The highest BCUT2D eigenvalue weighted by molar-refractivity contribution is 14.1. The Kier molecular flexibility index (Phi) is 4.39. The molecule has 0 radical (unpaired) electrons. The maximum Gasteiger partial charge on any atom is 0.263 e. The lowest BCUT2D eigenvalue weighted by Crippen LogP contribution is -2.14. The van der Waals surface area contributed by atoms with Gasteiger partial charge in [-0.1, -0.05) is 0 Å². The number of ether oxygens (including phenoxy) is 1. The van der Waals surface area contributed by atoms with Crippen molar-refractivity contribution >= 4 is 44.0 Å². The van der Waals surface area contributed by atoms with Crippen molar-refractivity contribution < 1.29 is 13.2 Å². The summed E-state index contributed by atoms with van der Waals surface area (Å²) in [6.07, 6.45) is 0. The van der Waals surface area contributed by atoms with E-state index in [9.17, 15) is 8.42 Å². The zero-order valence-electron chi connectivity index (χ0n) is 10.6. The third-order valence-electron chi connectivity index (χ3n) is 2.60. The normalized spacial score (nSPS) is 11.1. The molecule has 0 aliphatic rings. The Bertz CT molecular complexity index is 715. The quantitative estimate of drug-likeness (QED) is 0.607. The van der Waals surface area contributed by atoms with Gasteiger partial charge >= 0.3 is 0 Å². The first-order valence-corrected chi connectivity index (χ1v) is 8.20. The van der Waals surface area contributed by atoms with Crippen molar-refractivity contribution in [1.29, 1.82) is 0 Å². The molecule has 0 aliphatic carbocycles. The topological polar surface area (TPSA) is 81.4 Å². The van der Waals surface area contributed by atoms with Gasteiger partial charge in [-0.2, -0.15) is 0 Å². The minimum Gasteiger partial charge on any atom is -0.497 e. The lowest BCUT2D eigenvalue weighted by molar-refractivity contribution is 0.414. The second kappa shape index (κ2) is 5.88. The molecule has 5 nitrogen and oxygen atoms in total. The number of halogens is 1. The van der Waals surface area contributed by atoms with Gasteiger partial charge in [-0.3, -0.25) is 4.72 Å². The number of nitrogens with two attached hydrogens (primary N) is 1. The minimum atomic E-state index is -3.71. The maximum atomic E-state index is 12.3. The standard InChI is InChI=1S/C13H13IN2O3S/c1-19-11-6-7-13(12(15)8-11)20(17,18)16-10-4-2-9(14)3-5-10/h2-8,16H,15H2,1H3. The van der Waals surface area contributed by atoms with Gasteiger partial charge in [0.2, 0.25) is 0 Å². The Balaban J connectivity index is 2.33. The fourth-order valence-electron chi connectivity index (χ4n) is 1.63. The molecular weight excluding hydrogens is 391 g/mol. The van der Waals surface area contributed by atoms with Gasteiger partial charge in [-0.05, 0) is 59.0 Å². The largest absolute Gasteiger partial charge is 0.497 e. The van der Waals surface area contributed by atoms with Crippen LogP contribution >= 0.6 is 22.6 Å². The molecule has 0 atom stereocenters. The molecule has 0 saturated heterocycles. The van der Waals surface area contributed by atoms with Crippen LogP contribution in [-0.2, 0) is 10.0 Å². The highest BCUT2D eigenvalue weighted by atomic mass is 127. The monoisotopic (exact) mass is 404 g/mol. The maximum absolute atomic E-state index is 12.3. The Morgan fingerprint density at radius 1 is 1.15 bits per heavy atom. The summed E-state index contributed by atoms with van der Waals surface area (Å²) in [4.78, 5) is 0.0249. The SMILES string of the molecule is COc1ccc(S(=O)(=O)Nc2ccc(I)cc2)c(N)c1. The molecule has 106 valence electrons. The first-order valence-electron chi connectivity index (χ1n) is 5.64. The molecule has 0 saturated carbocycles. The number of methoxy groups -OCH3 is 1. The summed E-state index contributed by atoms with van der Waals surface area (Å²) in [7, 11) is -2.22. The summed E-state index contributed by atoms with van der Waals surface area (Å²) in [5.74, 6) is 0.510. The molecule has 0 spiro atoms. The fraction of sp³-hybridized carbons (Fsp3) is 0.0769. The first-order chi connectivity index (χ1) is 9.42. The lowest BCUT2D eigenvalue weighted by Gasteiger charge is -2.11. The van der Waals surface area contributed by atoms with Crippen LogP contribution in [0.1, 0.15) is 0 Å². The second-order valence-electron chi connectivity index (χ2n) is 4.02. The van der Waals surface area contributed by atoms with Crippen molar-refractivity contribution in [2.24, 2.45) is 0 Å². The van der Waals surface area contributed by atoms with E-state index in [2.05, 4.69) is 27.3 Å². The zero-order chi connectivity index (χ0) is 14.8. The van der Waals surface area contributed by atoms with Crippen molar-refractivity contribution in [2.75, 3.05) is 17.6 Å². The van der Waals surface area contributed by atoms with E-state index in [-0.39, 0.29) is 10.6 Å². The molecule has 20 heavy (non-hydrogen) atoms. The Morgan fingerprint density at radius 3 is 2.35 bits per heavy atom. The van der Waals surface area contributed by atoms with Crippen LogP contribution in [0, 0.1) is 3.57 Å². The van der Waals surface area contributed by atoms with E-state index in [0.29, 0.717) is 11.4 Å². The third kappa shape index (κ3) is 3.34. The van der Waals surface area contributed by atoms with Gasteiger partial charge in [0, 0.05) is 15.3 Å². The highest BCUT2D eigenvalue weighted by Crippen LogP contribution is 2.25. The number of nitrogens with one attached hydrogen (secondary N) is 1. The average Bonchev–Trinajstić information content (AvgIpc) is 2.40. The minimum absolute atomic E-state index is 0.0249. The number of nitrogen functional groups attached to an aromatic ring is 1. The molecular formula is C13H13IN2O3S. The summed E-state index contributed by atoms with van der Waals surface area (Å²) in [5.41, 5.74) is 6.39. The number of hydrogen-bond acceptors (Lipinski definition) is 4. The Hall–Kier alpha value is -1.48. The van der Waals surface area contributed by atoms with Gasteiger partial charge in [-0.15, -0.1) is 0 Å². The van der Waals surface area contributed by atoms with E-state index in [1.807, 2.05) is 12.1 Å². The molecule has 2 rings (SSSR count). The van der Waals surface area contributed by atoms with E-state index in [1.165, 1.54) is 19.2 Å². The van der Waals surface area contributed by atoms with E-state index in [4.69, 9.17) is 10.5 Å². The van der Waals surface area contributed by atoms with Crippen LogP contribution in [0.2, 0.25) is 0 Å². The average molecular weight is 404 g/mol. The summed E-state index contributed by atoms with van der Waals surface area (Å²) < 4.78 is 33.1. The molecule has 2 aromatic rings. The van der Waals surface area contributed by atoms with E-state index < -0.39 is 10.0 Å². The van der Waals surface area contributed by atoms with Crippen LogP contribution in [0.4, 0.5) is 11.4 Å². The zero-order valence-corrected chi connectivity index (χ0v) is 13.6. The van der Waals surface area contributed by atoms with Crippen molar-refractivity contribution in [3.63, 3.8) is 0 Å². The fourth-order valence-corrected chi connectivity index (χ4v) is 3.16. The molecule has 0 fully saturated rings. The summed E-state index contributed by atoms with van der Waals surface area (Å²) in [5, 5.41) is 0. The summed E-state index contributed by atoms with van der Waals surface area (Å²) in [6, 6.07) is 11.5. The molecule has 0 bridgehead atoms. The van der Waals surface area contributed by atoms with Crippen LogP contribution in [-0.4, -0.2) is 15.5 Å². The van der Waals surface area contributed by atoms with E-state index >= 15 is 0 Å². The number of benzene rings is 2. The summed E-state index contributed by atoms with van der Waals surface area (Å²) in [6.45, 7) is 0. The Morgan fingerprint density at radius 2 is 1.80 bits per heavy atom. The van der Waals surface area contributed by atoms with Gasteiger partial charge in [0.15, 0.2) is 0 Å². The van der Waals surface area contributed by atoms with Crippen molar-refractivity contribution in [3.8, 4) is 5.75 Å². The van der Waals surface area contributed by atoms with Crippen LogP contribution in [0.15, 0.2) is 47.4 Å². The van der Waals surface area contributed by atoms with Crippen LogP contribution in [0.25, 0.3) is 0 Å². The molecule has 0 amide bonds. The van der Waals surface area contributed by atoms with E-state index in [0.717, 1.165) is 3.57 Å². The molecule has 2 aromatic carbocycles. The summed E-state index contributed by atoms with van der Waals surface area (Å²) >= 11 is 2.15. The van der Waals surface area contributed by atoms with Crippen molar-refractivity contribution in [3.05, 3.63) is 46.0 Å². The van der Waals surface area contributed by atoms with Crippen molar-refractivity contribution in [1.82, 2.24) is 0 Å². The van der Waals surface area contributed by atoms with Gasteiger partial charge < -0.3 is 10.5 Å². The molecule has 0 unspecified atom stereocenters. The predicted octanol–water partition coefficient (Wildman–Crippen LogP) is 2.68. The van der Waals surface area contributed by atoms with Crippen molar-refractivity contribution in [2.45, 2.75) is 4.90 Å². The number of sulfonamides is 1. The van der Waals surface area contributed by atoms with Gasteiger partial charge in [0.1, 0.15) is 10.6 Å². The number of anilines is 2. The van der Waals surface area contributed by atoms with Crippen LogP contribution < -0.4 is 15.2 Å². The van der Waals surface area contributed by atoms with Gasteiger partial charge in [-0.25, -0.2) is 8.42 Å². The van der Waals surface area contributed by atoms with Gasteiger partial charge in [0.25, 0.3) is 10.0 Å².